The number of ketones is 2. The van der Waals surface area contributed by atoms with Crippen LogP contribution >= 0.6 is 0 Å². The van der Waals surface area contributed by atoms with Gasteiger partial charge in [0.1, 0.15) is 17.5 Å². The van der Waals surface area contributed by atoms with E-state index in [0.717, 1.165) is 6.54 Å². The van der Waals surface area contributed by atoms with Crippen molar-refractivity contribution >= 4 is 17.5 Å². The van der Waals surface area contributed by atoms with Crippen LogP contribution in [0.3, 0.4) is 0 Å². The molecule has 0 spiro atoms. The van der Waals surface area contributed by atoms with Crippen LogP contribution in [0.5, 0.6) is 5.75 Å². The van der Waals surface area contributed by atoms with E-state index in [1.54, 1.807) is 31.4 Å². The zero-order valence-corrected chi connectivity index (χ0v) is 17.3. The van der Waals surface area contributed by atoms with Gasteiger partial charge < -0.3 is 14.5 Å². The fourth-order valence-corrected chi connectivity index (χ4v) is 3.75. The number of nitrogens with zero attached hydrogens (tertiary/aromatic N) is 2. The SMILES string of the molecule is COc1ccc(C2C(C(=O)c3ccc(F)cc3)C(=O)C(=O)N2CCCN(C)C)cc1. The number of carbonyl (C=O) groups excluding carboxylic acids is 3. The highest BCUT2D eigenvalue weighted by atomic mass is 19.1. The summed E-state index contributed by atoms with van der Waals surface area (Å²) in [5, 5.41) is 0. The van der Waals surface area contributed by atoms with E-state index in [4.69, 9.17) is 4.74 Å². The summed E-state index contributed by atoms with van der Waals surface area (Å²) in [6.07, 6.45) is 0.663. The molecule has 2 unspecified atom stereocenters. The molecule has 1 fully saturated rings. The van der Waals surface area contributed by atoms with Crippen LogP contribution in [0.25, 0.3) is 0 Å². The van der Waals surface area contributed by atoms with E-state index in [2.05, 4.69) is 0 Å². The minimum atomic E-state index is -1.17. The van der Waals surface area contributed by atoms with Crippen molar-refractivity contribution in [2.24, 2.45) is 5.92 Å². The van der Waals surface area contributed by atoms with E-state index in [9.17, 15) is 18.8 Å². The second-order valence-corrected chi connectivity index (χ2v) is 7.59. The summed E-state index contributed by atoms with van der Waals surface area (Å²) in [6.45, 7) is 1.09. The number of carbonyl (C=O) groups is 3. The predicted octanol–water partition coefficient (Wildman–Crippen LogP) is 2.74. The number of hydrogen-bond acceptors (Lipinski definition) is 5. The lowest BCUT2D eigenvalue weighted by Crippen LogP contribution is -2.33. The quantitative estimate of drug-likeness (QED) is 0.379. The number of hydrogen-bond donors (Lipinski definition) is 0. The molecule has 30 heavy (non-hydrogen) atoms. The predicted molar refractivity (Wildman–Crippen MR) is 110 cm³/mol. The van der Waals surface area contributed by atoms with Crippen molar-refractivity contribution in [2.45, 2.75) is 12.5 Å². The molecule has 1 heterocycles. The molecule has 1 aliphatic heterocycles. The fourth-order valence-electron chi connectivity index (χ4n) is 3.75. The van der Waals surface area contributed by atoms with Crippen molar-refractivity contribution in [1.29, 1.82) is 0 Å². The van der Waals surface area contributed by atoms with Crippen LogP contribution in [0.4, 0.5) is 4.39 Å². The highest BCUT2D eigenvalue weighted by Crippen LogP contribution is 2.38. The number of likely N-dealkylation sites (tertiary alicyclic amines) is 1. The average Bonchev–Trinajstić information content (AvgIpc) is 2.98. The molecule has 2 aromatic carbocycles. The van der Waals surface area contributed by atoms with E-state index in [-0.39, 0.29) is 5.56 Å². The minimum absolute atomic E-state index is 0.205. The molecule has 6 nitrogen and oxygen atoms in total. The molecule has 2 atom stereocenters. The first-order valence-electron chi connectivity index (χ1n) is 9.76. The molecule has 1 aliphatic rings. The van der Waals surface area contributed by atoms with Crippen LogP contribution in [0.1, 0.15) is 28.4 Å². The summed E-state index contributed by atoms with van der Waals surface area (Å²) in [6, 6.07) is 11.3. The Hall–Kier alpha value is -3.06. The van der Waals surface area contributed by atoms with Gasteiger partial charge in [-0.3, -0.25) is 14.4 Å². The molecule has 0 N–H and O–H groups in total. The average molecular weight is 412 g/mol. The largest absolute Gasteiger partial charge is 0.497 e. The Kier molecular flexibility index (Phi) is 6.62. The molecule has 0 saturated carbocycles. The van der Waals surface area contributed by atoms with Gasteiger partial charge in [0, 0.05) is 12.1 Å². The van der Waals surface area contributed by atoms with Crippen molar-refractivity contribution < 1.29 is 23.5 Å². The number of rotatable bonds is 8. The van der Waals surface area contributed by atoms with E-state index in [1.165, 1.54) is 29.2 Å². The maximum atomic E-state index is 13.3. The molecule has 0 bridgehead atoms. The molecule has 2 aromatic rings. The lowest BCUT2D eigenvalue weighted by atomic mass is 9.86. The Labute approximate surface area is 175 Å². The monoisotopic (exact) mass is 412 g/mol. The normalized spacial score (nSPS) is 18.9. The second kappa shape index (κ2) is 9.17. The molecule has 0 radical (unpaired) electrons. The number of ether oxygens (including phenoxy) is 1. The van der Waals surface area contributed by atoms with Crippen molar-refractivity contribution in [3.8, 4) is 5.75 Å². The zero-order chi connectivity index (χ0) is 21.8. The number of Topliss-reactive ketones (excluding diaryl/α,β-unsaturated/α-hetero) is 2. The molecule has 1 saturated heterocycles. The van der Waals surface area contributed by atoms with Crippen LogP contribution in [-0.4, -0.2) is 61.6 Å². The first kappa shape index (κ1) is 21.6. The van der Waals surface area contributed by atoms with Gasteiger partial charge in [0.2, 0.25) is 5.78 Å². The summed E-state index contributed by atoms with van der Waals surface area (Å²) in [7, 11) is 5.41. The van der Waals surface area contributed by atoms with Crippen LogP contribution in [0.15, 0.2) is 48.5 Å². The van der Waals surface area contributed by atoms with Gasteiger partial charge in [-0.1, -0.05) is 12.1 Å². The molecule has 158 valence electrons. The van der Waals surface area contributed by atoms with E-state index < -0.39 is 35.3 Å². The van der Waals surface area contributed by atoms with Gasteiger partial charge in [-0.25, -0.2) is 4.39 Å². The minimum Gasteiger partial charge on any atom is -0.497 e. The summed E-state index contributed by atoms with van der Waals surface area (Å²) in [5.74, 6) is -2.88. The van der Waals surface area contributed by atoms with Gasteiger partial charge in [-0.2, -0.15) is 0 Å². The van der Waals surface area contributed by atoms with Crippen molar-refractivity contribution in [2.75, 3.05) is 34.3 Å². The topological polar surface area (TPSA) is 66.9 Å². The maximum absolute atomic E-state index is 13.3. The molecule has 1 amide bonds. The third-order valence-corrected chi connectivity index (χ3v) is 5.28. The van der Waals surface area contributed by atoms with Crippen molar-refractivity contribution in [3.05, 3.63) is 65.5 Å². The lowest BCUT2D eigenvalue weighted by Gasteiger charge is -2.28. The summed E-state index contributed by atoms with van der Waals surface area (Å²) >= 11 is 0. The molecular formula is C23H25FN2O4. The molecule has 7 heteroatoms. The first-order valence-corrected chi connectivity index (χ1v) is 9.76. The number of amides is 1. The van der Waals surface area contributed by atoms with E-state index in [1.807, 2.05) is 19.0 Å². The summed E-state index contributed by atoms with van der Waals surface area (Å²) < 4.78 is 18.5. The number of halogens is 1. The Morgan fingerprint density at radius 2 is 1.70 bits per heavy atom. The van der Waals surface area contributed by atoms with Crippen LogP contribution in [0.2, 0.25) is 0 Å². The standard InChI is InChI=1S/C23H25FN2O4/c1-25(2)13-4-14-26-20(15-7-11-18(30-3)12-8-15)19(22(28)23(26)29)21(27)16-5-9-17(24)10-6-16/h5-12,19-20H,4,13-14H2,1-3H3. The van der Waals surface area contributed by atoms with Crippen molar-refractivity contribution in [3.63, 3.8) is 0 Å². The van der Waals surface area contributed by atoms with Crippen molar-refractivity contribution in [1.82, 2.24) is 9.80 Å². The smallest absolute Gasteiger partial charge is 0.291 e. The van der Waals surface area contributed by atoms with Crippen LogP contribution in [-0.2, 0) is 9.59 Å². The van der Waals surface area contributed by atoms with Crippen LogP contribution in [0, 0.1) is 11.7 Å². The van der Waals surface area contributed by atoms with E-state index in [0.29, 0.717) is 24.3 Å². The third-order valence-electron chi connectivity index (χ3n) is 5.28. The van der Waals surface area contributed by atoms with Gasteiger partial charge in [0.15, 0.2) is 5.78 Å². The number of methoxy groups -OCH3 is 1. The first-order chi connectivity index (χ1) is 14.3. The summed E-state index contributed by atoms with van der Waals surface area (Å²) in [5.41, 5.74) is 0.886. The van der Waals surface area contributed by atoms with Gasteiger partial charge in [-0.15, -0.1) is 0 Å². The Morgan fingerprint density at radius 3 is 2.27 bits per heavy atom. The Morgan fingerprint density at radius 1 is 1.07 bits per heavy atom. The van der Waals surface area contributed by atoms with Gasteiger partial charge >= 0.3 is 0 Å². The highest BCUT2D eigenvalue weighted by Gasteiger charge is 2.51. The van der Waals surface area contributed by atoms with Crippen LogP contribution < -0.4 is 4.74 Å². The van der Waals surface area contributed by atoms with Gasteiger partial charge in [-0.05, 0) is 69.0 Å². The number of benzene rings is 2. The highest BCUT2D eigenvalue weighted by molar-refractivity contribution is 6.44. The zero-order valence-electron chi connectivity index (χ0n) is 17.3. The maximum Gasteiger partial charge on any atom is 0.291 e. The Bertz CT molecular complexity index is 925. The van der Waals surface area contributed by atoms with E-state index >= 15 is 0 Å². The Balaban J connectivity index is 1.98. The molecular weight excluding hydrogens is 387 g/mol. The molecule has 3 rings (SSSR count). The van der Waals surface area contributed by atoms with Gasteiger partial charge in [0.05, 0.1) is 13.2 Å². The third kappa shape index (κ3) is 4.41. The lowest BCUT2D eigenvalue weighted by molar-refractivity contribution is -0.140. The van der Waals surface area contributed by atoms with Gasteiger partial charge in [0.25, 0.3) is 5.91 Å². The summed E-state index contributed by atoms with van der Waals surface area (Å²) in [4.78, 5) is 42.4. The molecule has 0 aromatic heterocycles. The fraction of sp³-hybridized carbons (Fsp3) is 0.348. The molecule has 0 aliphatic carbocycles. The second-order valence-electron chi connectivity index (χ2n) is 7.59.